The van der Waals surface area contributed by atoms with Crippen LogP contribution in [0.3, 0.4) is 0 Å². The predicted octanol–water partition coefficient (Wildman–Crippen LogP) is 15.8. The van der Waals surface area contributed by atoms with Gasteiger partial charge in [-0.05, 0) is 107 Å². The SMILES string of the molecule is c1ccc(-c2cc(N(c3ccccc3)c3ccc4c(c3)oc3ccccc34)ccc2-c2ccc(N(c3ccccc3)c3ccc4c(c3)oc3ccccc34)cc2)cc1. The molecule has 2 heterocycles. The molecule has 0 atom stereocenters. The van der Waals surface area contributed by atoms with Crippen LogP contribution in [0.1, 0.15) is 0 Å². The summed E-state index contributed by atoms with van der Waals surface area (Å²) in [7, 11) is 0. The second kappa shape index (κ2) is 14.0. The van der Waals surface area contributed by atoms with E-state index >= 15 is 0 Å². The highest BCUT2D eigenvalue weighted by Gasteiger charge is 2.20. The van der Waals surface area contributed by atoms with Gasteiger partial charge in [-0.15, -0.1) is 0 Å². The molecule has 11 rings (SSSR count). The van der Waals surface area contributed by atoms with Crippen LogP contribution in [0.15, 0.2) is 227 Å². The molecule has 0 aliphatic heterocycles. The first kappa shape index (κ1) is 33.5. The van der Waals surface area contributed by atoms with E-state index in [0.717, 1.165) is 100 Å². The van der Waals surface area contributed by atoms with Crippen LogP contribution in [0.2, 0.25) is 0 Å². The van der Waals surface area contributed by atoms with Gasteiger partial charge < -0.3 is 18.6 Å². The van der Waals surface area contributed by atoms with Crippen LogP contribution in [-0.4, -0.2) is 0 Å². The van der Waals surface area contributed by atoms with Crippen LogP contribution in [0.25, 0.3) is 66.1 Å². The maximum absolute atomic E-state index is 6.36. The maximum atomic E-state index is 6.36. The molecule has 11 aromatic rings. The van der Waals surface area contributed by atoms with Crippen molar-refractivity contribution in [1.82, 2.24) is 0 Å². The van der Waals surface area contributed by atoms with Crippen molar-refractivity contribution in [2.24, 2.45) is 0 Å². The van der Waals surface area contributed by atoms with Gasteiger partial charge in [0.1, 0.15) is 22.3 Å². The molecular formula is C54H36N2O2. The van der Waals surface area contributed by atoms with Crippen molar-refractivity contribution in [1.29, 1.82) is 0 Å². The number of nitrogens with zero attached hydrogens (tertiary/aromatic N) is 2. The summed E-state index contributed by atoms with van der Waals surface area (Å²) >= 11 is 0. The van der Waals surface area contributed by atoms with Gasteiger partial charge in [0.05, 0.1) is 0 Å². The number of hydrogen-bond acceptors (Lipinski definition) is 4. The monoisotopic (exact) mass is 744 g/mol. The zero-order chi connectivity index (χ0) is 38.4. The number of rotatable bonds is 8. The Hall–Kier alpha value is -7.82. The van der Waals surface area contributed by atoms with Crippen molar-refractivity contribution in [3.05, 3.63) is 218 Å². The van der Waals surface area contributed by atoms with Gasteiger partial charge in [-0.25, -0.2) is 0 Å². The second-order valence-corrected chi connectivity index (χ2v) is 14.5. The first-order valence-corrected chi connectivity index (χ1v) is 19.6. The van der Waals surface area contributed by atoms with E-state index in [-0.39, 0.29) is 0 Å². The van der Waals surface area contributed by atoms with Gasteiger partial charge in [0.2, 0.25) is 0 Å². The molecule has 0 fully saturated rings. The molecule has 0 amide bonds. The number of para-hydroxylation sites is 4. The molecule has 2 aromatic heterocycles. The molecule has 0 spiro atoms. The standard InChI is InChI=1S/C54H36N2O2/c1-4-14-37(15-5-1)50-34-42(56(40-18-8-3-9-19-40)44-30-33-49-47-21-11-13-23-52(47)58-54(49)36-44)28-31-45(50)38-24-26-41(27-25-38)55(39-16-6-2-7-17-39)43-29-32-48-46-20-10-12-22-51(46)57-53(48)35-43/h1-36H. The Labute approximate surface area is 336 Å². The molecule has 9 aromatic carbocycles. The van der Waals surface area contributed by atoms with Crippen LogP contribution in [-0.2, 0) is 0 Å². The van der Waals surface area contributed by atoms with E-state index in [0.29, 0.717) is 0 Å². The fourth-order valence-corrected chi connectivity index (χ4v) is 8.33. The summed E-state index contributed by atoms with van der Waals surface area (Å²) in [5, 5.41) is 4.47. The van der Waals surface area contributed by atoms with Crippen LogP contribution in [0.5, 0.6) is 0 Å². The molecule has 274 valence electrons. The summed E-state index contributed by atoms with van der Waals surface area (Å²) in [6.45, 7) is 0. The molecule has 0 aliphatic rings. The lowest BCUT2D eigenvalue weighted by atomic mass is 9.93. The van der Waals surface area contributed by atoms with Gasteiger partial charge in [0.25, 0.3) is 0 Å². The van der Waals surface area contributed by atoms with Gasteiger partial charge in [-0.3, -0.25) is 0 Å². The Morgan fingerprint density at radius 3 is 1.17 bits per heavy atom. The lowest BCUT2D eigenvalue weighted by Gasteiger charge is -2.27. The van der Waals surface area contributed by atoms with E-state index in [1.165, 1.54) is 0 Å². The highest BCUT2D eigenvalue weighted by molar-refractivity contribution is 6.07. The van der Waals surface area contributed by atoms with Crippen molar-refractivity contribution in [3.8, 4) is 22.3 Å². The van der Waals surface area contributed by atoms with Crippen molar-refractivity contribution in [3.63, 3.8) is 0 Å². The molecule has 0 unspecified atom stereocenters. The maximum Gasteiger partial charge on any atom is 0.137 e. The van der Waals surface area contributed by atoms with Crippen LogP contribution >= 0.6 is 0 Å². The fourth-order valence-electron chi connectivity index (χ4n) is 8.33. The summed E-state index contributed by atoms with van der Waals surface area (Å²) in [6.07, 6.45) is 0. The summed E-state index contributed by atoms with van der Waals surface area (Å²) < 4.78 is 12.7. The number of benzene rings is 9. The Morgan fingerprint density at radius 1 is 0.241 bits per heavy atom. The third kappa shape index (κ3) is 5.87. The quantitative estimate of drug-likeness (QED) is 0.155. The Balaban J connectivity index is 1.02. The Morgan fingerprint density at radius 2 is 0.621 bits per heavy atom. The summed E-state index contributed by atoms with van der Waals surface area (Å²) in [4.78, 5) is 4.59. The van der Waals surface area contributed by atoms with Crippen molar-refractivity contribution >= 4 is 78.0 Å². The summed E-state index contributed by atoms with van der Waals surface area (Å²) in [6, 6.07) is 76.9. The van der Waals surface area contributed by atoms with E-state index in [9.17, 15) is 0 Å². The largest absolute Gasteiger partial charge is 0.456 e. The molecule has 0 bridgehead atoms. The minimum Gasteiger partial charge on any atom is -0.456 e. The van der Waals surface area contributed by atoms with Gasteiger partial charge in [-0.1, -0.05) is 121 Å². The summed E-state index contributed by atoms with van der Waals surface area (Å²) in [5.74, 6) is 0. The molecule has 0 N–H and O–H groups in total. The Bertz CT molecular complexity index is 3220. The predicted molar refractivity (Wildman–Crippen MR) is 241 cm³/mol. The van der Waals surface area contributed by atoms with Gasteiger partial charge in [-0.2, -0.15) is 0 Å². The second-order valence-electron chi connectivity index (χ2n) is 14.5. The van der Waals surface area contributed by atoms with E-state index in [1.807, 2.05) is 24.3 Å². The molecule has 4 nitrogen and oxygen atoms in total. The van der Waals surface area contributed by atoms with E-state index in [1.54, 1.807) is 0 Å². The molecule has 0 saturated heterocycles. The highest BCUT2D eigenvalue weighted by Crippen LogP contribution is 2.44. The average molecular weight is 745 g/mol. The minimum atomic E-state index is 0.863. The molecule has 58 heavy (non-hydrogen) atoms. The van der Waals surface area contributed by atoms with Crippen LogP contribution < -0.4 is 9.80 Å². The Kier molecular flexibility index (Phi) is 8.11. The van der Waals surface area contributed by atoms with E-state index in [2.05, 4.69) is 204 Å². The third-order valence-corrected chi connectivity index (χ3v) is 11.1. The van der Waals surface area contributed by atoms with Crippen LogP contribution in [0.4, 0.5) is 34.1 Å². The number of fused-ring (bicyclic) bond motifs is 6. The molecule has 0 radical (unpaired) electrons. The topological polar surface area (TPSA) is 32.8 Å². The van der Waals surface area contributed by atoms with E-state index in [4.69, 9.17) is 8.83 Å². The smallest absolute Gasteiger partial charge is 0.137 e. The number of anilines is 6. The van der Waals surface area contributed by atoms with Crippen molar-refractivity contribution in [2.75, 3.05) is 9.80 Å². The number of furan rings is 2. The average Bonchev–Trinajstić information content (AvgIpc) is 3.86. The lowest BCUT2D eigenvalue weighted by molar-refractivity contribution is 0.668. The number of hydrogen-bond donors (Lipinski definition) is 0. The molecule has 0 saturated carbocycles. The van der Waals surface area contributed by atoms with E-state index < -0.39 is 0 Å². The molecular weight excluding hydrogens is 709 g/mol. The normalized spacial score (nSPS) is 11.4. The van der Waals surface area contributed by atoms with Crippen molar-refractivity contribution in [2.45, 2.75) is 0 Å². The fraction of sp³-hybridized carbons (Fsp3) is 0. The minimum absolute atomic E-state index is 0.863. The summed E-state index contributed by atoms with van der Waals surface area (Å²) in [5.41, 5.74) is 14.4. The van der Waals surface area contributed by atoms with Gasteiger partial charge in [0.15, 0.2) is 0 Å². The van der Waals surface area contributed by atoms with Crippen LogP contribution in [0, 0.1) is 0 Å². The van der Waals surface area contributed by atoms with Crippen molar-refractivity contribution < 1.29 is 8.83 Å². The van der Waals surface area contributed by atoms with Gasteiger partial charge >= 0.3 is 0 Å². The third-order valence-electron chi connectivity index (χ3n) is 11.1. The lowest BCUT2D eigenvalue weighted by Crippen LogP contribution is -2.10. The molecule has 4 heteroatoms. The highest BCUT2D eigenvalue weighted by atomic mass is 16.3. The zero-order valence-corrected chi connectivity index (χ0v) is 31.5. The zero-order valence-electron chi connectivity index (χ0n) is 31.5. The molecule has 0 aliphatic carbocycles. The first-order valence-electron chi connectivity index (χ1n) is 19.6. The van der Waals surface area contributed by atoms with Gasteiger partial charge in [0, 0.05) is 67.8 Å². The first-order chi connectivity index (χ1) is 28.7.